The van der Waals surface area contributed by atoms with Gasteiger partial charge in [-0.3, -0.25) is 9.59 Å². The van der Waals surface area contributed by atoms with E-state index >= 15 is 0 Å². The topological polar surface area (TPSA) is 115 Å². The lowest BCUT2D eigenvalue weighted by Gasteiger charge is -2.10. The van der Waals surface area contributed by atoms with Crippen LogP contribution in [-0.4, -0.2) is 37.7 Å². The second-order valence-corrected chi connectivity index (χ2v) is 7.78. The van der Waals surface area contributed by atoms with Gasteiger partial charge in [0.05, 0.1) is 25.5 Å². The Morgan fingerprint density at radius 1 is 0.972 bits per heavy atom. The molecule has 0 fully saturated rings. The Bertz CT molecular complexity index is 1290. The molecule has 0 heterocycles. The van der Waals surface area contributed by atoms with E-state index in [1.54, 1.807) is 54.6 Å². The molecule has 0 atom stereocenters. The van der Waals surface area contributed by atoms with Crippen molar-refractivity contribution in [2.45, 2.75) is 13.8 Å². The Balaban J connectivity index is 1.59. The van der Waals surface area contributed by atoms with Crippen LogP contribution in [0, 0.1) is 6.92 Å². The molecule has 0 saturated heterocycles. The second kappa shape index (κ2) is 12.4. The monoisotopic (exact) mass is 509 g/mol. The van der Waals surface area contributed by atoms with Crippen molar-refractivity contribution in [3.05, 3.63) is 82.4 Å². The number of methoxy groups -OCH3 is 1. The van der Waals surface area contributed by atoms with Gasteiger partial charge in [0, 0.05) is 10.7 Å². The van der Waals surface area contributed by atoms with Gasteiger partial charge in [-0.25, -0.2) is 10.2 Å². The predicted molar refractivity (Wildman–Crippen MR) is 136 cm³/mol. The van der Waals surface area contributed by atoms with Gasteiger partial charge in [-0.2, -0.15) is 5.10 Å². The maximum atomic E-state index is 12.5. The Labute approximate surface area is 213 Å². The molecule has 2 amide bonds. The number of nitrogens with one attached hydrogen (secondary N) is 2. The number of halogens is 1. The fourth-order valence-electron chi connectivity index (χ4n) is 2.94. The highest BCUT2D eigenvalue weighted by Gasteiger charge is 2.15. The molecule has 0 aliphatic heterocycles. The predicted octanol–water partition coefficient (Wildman–Crippen LogP) is 4.36. The summed E-state index contributed by atoms with van der Waals surface area (Å²) in [7, 11) is 1.42. The van der Waals surface area contributed by atoms with Crippen LogP contribution in [0.1, 0.15) is 28.4 Å². The fraction of sp³-hybridized carbons (Fsp3) is 0.154. The molecule has 10 heteroatoms. The summed E-state index contributed by atoms with van der Waals surface area (Å²) in [5.74, 6) is -1.30. The quantitative estimate of drug-likeness (QED) is 0.153. The summed E-state index contributed by atoms with van der Waals surface area (Å²) in [6.45, 7) is 4.22. The molecule has 0 radical (unpaired) electrons. The van der Waals surface area contributed by atoms with Crippen molar-refractivity contribution in [2.24, 2.45) is 5.10 Å². The van der Waals surface area contributed by atoms with Crippen LogP contribution in [0.2, 0.25) is 5.02 Å². The van der Waals surface area contributed by atoms with Crippen LogP contribution in [0.4, 0.5) is 5.69 Å². The van der Waals surface area contributed by atoms with Crippen LogP contribution < -0.4 is 25.0 Å². The average molecular weight is 510 g/mol. The van der Waals surface area contributed by atoms with E-state index < -0.39 is 17.8 Å². The molecule has 0 saturated carbocycles. The molecule has 3 aromatic carbocycles. The molecular formula is C26H24ClN3O6. The fourth-order valence-corrected chi connectivity index (χ4v) is 3.12. The number of hydrazone groups is 1. The first-order chi connectivity index (χ1) is 17.3. The minimum absolute atomic E-state index is 0.203. The summed E-state index contributed by atoms with van der Waals surface area (Å²) >= 11 is 6.02. The molecule has 0 aliphatic carbocycles. The molecular weight excluding hydrogens is 486 g/mol. The minimum atomic E-state index is -0.962. The van der Waals surface area contributed by atoms with Gasteiger partial charge in [-0.1, -0.05) is 17.7 Å². The molecule has 2 N–H and O–H groups in total. The summed E-state index contributed by atoms with van der Waals surface area (Å²) in [6, 6.07) is 16.2. The third kappa shape index (κ3) is 7.07. The van der Waals surface area contributed by atoms with Crippen molar-refractivity contribution in [2.75, 3.05) is 19.0 Å². The van der Waals surface area contributed by atoms with Crippen LogP contribution in [-0.2, 0) is 9.59 Å². The van der Waals surface area contributed by atoms with Gasteiger partial charge >= 0.3 is 17.8 Å². The first kappa shape index (κ1) is 26.2. The minimum Gasteiger partial charge on any atom is -0.494 e. The SMILES string of the molecule is CCOc1ccc(C(=O)Oc2ccc(/C=N/NC(=O)C(=O)Nc3ccc(C)c(Cl)c3)cc2OC)cc1. The zero-order chi connectivity index (χ0) is 26.1. The molecule has 3 rings (SSSR count). The van der Waals surface area contributed by atoms with Crippen LogP contribution in [0.3, 0.4) is 0 Å². The van der Waals surface area contributed by atoms with Crippen LogP contribution in [0.25, 0.3) is 0 Å². The Morgan fingerprint density at radius 2 is 1.72 bits per heavy atom. The largest absolute Gasteiger partial charge is 0.494 e. The number of esters is 1. The molecule has 9 nitrogen and oxygen atoms in total. The lowest BCUT2D eigenvalue weighted by molar-refractivity contribution is -0.136. The maximum absolute atomic E-state index is 12.5. The van der Waals surface area contributed by atoms with Gasteiger partial charge in [0.2, 0.25) is 0 Å². The van der Waals surface area contributed by atoms with E-state index in [0.29, 0.717) is 34.2 Å². The summed E-state index contributed by atoms with van der Waals surface area (Å²) in [4.78, 5) is 36.5. The number of aryl methyl sites for hydroxylation is 1. The maximum Gasteiger partial charge on any atom is 0.343 e. The Kier molecular flexibility index (Phi) is 9.01. The van der Waals surface area contributed by atoms with Crippen LogP contribution >= 0.6 is 11.6 Å². The first-order valence-electron chi connectivity index (χ1n) is 10.8. The molecule has 186 valence electrons. The van der Waals surface area contributed by atoms with Crippen molar-refractivity contribution >= 4 is 41.3 Å². The second-order valence-electron chi connectivity index (χ2n) is 7.37. The lowest BCUT2D eigenvalue weighted by Crippen LogP contribution is -2.32. The summed E-state index contributed by atoms with van der Waals surface area (Å²) in [6.07, 6.45) is 1.31. The smallest absolute Gasteiger partial charge is 0.343 e. The molecule has 3 aromatic rings. The number of ether oxygens (including phenoxy) is 3. The number of rotatable bonds is 8. The van der Waals surface area contributed by atoms with Gasteiger partial charge < -0.3 is 19.5 Å². The number of carbonyl (C=O) groups is 3. The molecule has 0 bridgehead atoms. The normalized spacial score (nSPS) is 10.6. The molecule has 0 aromatic heterocycles. The van der Waals surface area contributed by atoms with Crippen molar-refractivity contribution in [1.82, 2.24) is 5.43 Å². The van der Waals surface area contributed by atoms with E-state index in [1.807, 2.05) is 13.8 Å². The highest BCUT2D eigenvalue weighted by atomic mass is 35.5. The molecule has 36 heavy (non-hydrogen) atoms. The summed E-state index contributed by atoms with van der Waals surface area (Å²) in [5, 5.41) is 6.69. The number of benzene rings is 3. The van der Waals surface area contributed by atoms with Gasteiger partial charge in [-0.05, 0) is 79.6 Å². The Morgan fingerprint density at radius 3 is 2.39 bits per heavy atom. The summed E-state index contributed by atoms with van der Waals surface area (Å²) < 4.78 is 16.1. The first-order valence-corrected chi connectivity index (χ1v) is 11.2. The number of hydrogen-bond donors (Lipinski definition) is 2. The highest BCUT2D eigenvalue weighted by molar-refractivity contribution is 6.39. The van der Waals surface area contributed by atoms with Crippen LogP contribution in [0.15, 0.2) is 65.8 Å². The average Bonchev–Trinajstić information content (AvgIpc) is 2.87. The van der Waals surface area contributed by atoms with Crippen molar-refractivity contribution < 1.29 is 28.6 Å². The standard InChI is InChI=1S/C26H24ClN3O6/c1-4-35-20-10-7-18(8-11-20)26(33)36-22-12-6-17(13-23(22)34-3)15-28-30-25(32)24(31)29-19-9-5-16(2)21(27)14-19/h5-15H,4H2,1-3H3,(H,29,31)(H,30,32)/b28-15+. The van der Waals surface area contributed by atoms with E-state index in [4.69, 9.17) is 25.8 Å². The van der Waals surface area contributed by atoms with Crippen molar-refractivity contribution in [3.63, 3.8) is 0 Å². The highest BCUT2D eigenvalue weighted by Crippen LogP contribution is 2.28. The number of carbonyl (C=O) groups excluding carboxylic acids is 3. The van der Waals surface area contributed by atoms with Crippen molar-refractivity contribution in [3.8, 4) is 17.2 Å². The molecule has 0 spiro atoms. The van der Waals surface area contributed by atoms with Gasteiger partial charge in [-0.15, -0.1) is 0 Å². The molecule has 0 aliphatic rings. The Hall–Kier alpha value is -4.37. The number of hydrogen-bond acceptors (Lipinski definition) is 7. The lowest BCUT2D eigenvalue weighted by atomic mass is 10.2. The molecule has 0 unspecified atom stereocenters. The van der Waals surface area contributed by atoms with Gasteiger partial charge in [0.15, 0.2) is 11.5 Å². The van der Waals surface area contributed by atoms with E-state index in [-0.39, 0.29) is 11.5 Å². The third-order valence-corrected chi connectivity index (χ3v) is 5.21. The van der Waals surface area contributed by atoms with Crippen LogP contribution in [0.5, 0.6) is 17.2 Å². The van der Waals surface area contributed by atoms with E-state index in [0.717, 1.165) is 5.56 Å². The number of nitrogens with zero attached hydrogens (tertiary/aromatic N) is 1. The number of anilines is 1. The van der Waals surface area contributed by atoms with Crippen molar-refractivity contribution in [1.29, 1.82) is 0 Å². The zero-order valence-corrected chi connectivity index (χ0v) is 20.6. The third-order valence-electron chi connectivity index (χ3n) is 4.81. The zero-order valence-electron chi connectivity index (χ0n) is 19.8. The van der Waals surface area contributed by atoms with E-state index in [2.05, 4.69) is 15.8 Å². The summed E-state index contributed by atoms with van der Waals surface area (Å²) in [5.41, 5.74) is 4.25. The number of amides is 2. The van der Waals surface area contributed by atoms with Gasteiger partial charge in [0.1, 0.15) is 5.75 Å². The van der Waals surface area contributed by atoms with Gasteiger partial charge in [0.25, 0.3) is 0 Å². The van der Waals surface area contributed by atoms with E-state index in [9.17, 15) is 14.4 Å². The van der Waals surface area contributed by atoms with E-state index in [1.165, 1.54) is 19.4 Å².